The number of nitro groups is 1. The molecule has 142 valence electrons. The third kappa shape index (κ3) is 3.19. The number of thiophene rings is 1. The molecule has 0 aliphatic rings. The molecule has 0 atom stereocenters. The number of H-pyrrole nitrogens is 1. The summed E-state index contributed by atoms with van der Waals surface area (Å²) in [5.41, 5.74) is -0.0429. The van der Waals surface area contributed by atoms with Crippen LogP contribution in [0.5, 0.6) is 11.5 Å². The zero-order valence-electron chi connectivity index (χ0n) is 15.0. The highest BCUT2D eigenvalue weighted by molar-refractivity contribution is 7.18. The van der Waals surface area contributed by atoms with Gasteiger partial charge in [0.25, 0.3) is 11.2 Å². The number of aromatic amines is 1. The molecule has 3 rings (SSSR count). The summed E-state index contributed by atoms with van der Waals surface area (Å²) in [7, 11) is 1.22. The Morgan fingerprint density at radius 1 is 1.43 bits per heavy atom. The summed E-state index contributed by atoms with van der Waals surface area (Å²) >= 11 is 1.34. The van der Waals surface area contributed by atoms with Gasteiger partial charge in [0.05, 0.1) is 23.0 Å². The average molecular weight is 397 g/mol. The molecular weight excluding hydrogens is 384 g/mol. The Hall–Kier alpha value is -3.71. The van der Waals surface area contributed by atoms with Crippen LogP contribution in [-0.4, -0.2) is 22.0 Å². The highest BCUT2D eigenvalue weighted by atomic mass is 32.1. The van der Waals surface area contributed by atoms with E-state index in [2.05, 4.69) is 9.97 Å². The van der Waals surface area contributed by atoms with Gasteiger partial charge in [0.1, 0.15) is 16.6 Å². The lowest BCUT2D eigenvalue weighted by Gasteiger charge is -2.13. The minimum Gasteiger partial charge on any atom is -0.865 e. The van der Waals surface area contributed by atoms with Crippen molar-refractivity contribution in [2.75, 3.05) is 7.11 Å². The Bertz CT molecular complexity index is 1250. The van der Waals surface area contributed by atoms with Crippen LogP contribution in [0.15, 0.2) is 16.9 Å². The van der Waals surface area contributed by atoms with Gasteiger partial charge in [-0.05, 0) is 37.1 Å². The van der Waals surface area contributed by atoms with Gasteiger partial charge in [-0.2, -0.15) is 5.26 Å². The lowest BCUT2D eigenvalue weighted by Crippen LogP contribution is -2.10. The van der Waals surface area contributed by atoms with Crippen LogP contribution in [0.4, 0.5) is 5.69 Å². The predicted octanol–water partition coefficient (Wildman–Crippen LogP) is 2.66. The van der Waals surface area contributed by atoms with Crippen molar-refractivity contribution in [3.63, 3.8) is 0 Å². The summed E-state index contributed by atoms with van der Waals surface area (Å²) in [6.45, 7) is 3.69. The Balaban J connectivity index is 2.20. The highest BCUT2D eigenvalue weighted by Crippen LogP contribution is 2.35. The molecule has 10 heteroatoms. The van der Waals surface area contributed by atoms with E-state index in [1.54, 1.807) is 0 Å². The van der Waals surface area contributed by atoms with E-state index >= 15 is 0 Å². The molecule has 9 nitrogen and oxygen atoms in total. The largest absolute Gasteiger partial charge is 0.865 e. The number of aryl methyl sites for hydroxylation is 2. The Morgan fingerprint density at radius 2 is 2.14 bits per heavy atom. The van der Waals surface area contributed by atoms with Crippen LogP contribution < -0.4 is 15.4 Å². The first-order valence-corrected chi connectivity index (χ1v) is 8.74. The molecule has 0 aliphatic heterocycles. The van der Waals surface area contributed by atoms with E-state index in [1.807, 2.05) is 19.9 Å². The number of ether oxygens (including phenoxy) is 1. The van der Waals surface area contributed by atoms with Gasteiger partial charge in [-0.3, -0.25) is 14.9 Å². The van der Waals surface area contributed by atoms with Crippen molar-refractivity contribution in [1.82, 2.24) is 9.97 Å². The summed E-state index contributed by atoms with van der Waals surface area (Å²) in [5.74, 6) is -1.05. The number of nitrogens with one attached hydrogen (secondary N) is 1. The predicted molar refractivity (Wildman–Crippen MR) is 102 cm³/mol. The van der Waals surface area contributed by atoms with Crippen LogP contribution in [0.1, 0.15) is 21.8 Å². The monoisotopic (exact) mass is 397 g/mol. The maximum absolute atomic E-state index is 12.4. The van der Waals surface area contributed by atoms with Gasteiger partial charge in [0.15, 0.2) is 5.82 Å². The number of benzene rings is 1. The summed E-state index contributed by atoms with van der Waals surface area (Å²) in [6, 6.07) is 4.25. The molecule has 0 bridgehead atoms. The van der Waals surface area contributed by atoms with Gasteiger partial charge in [-0.1, -0.05) is 0 Å². The molecule has 0 saturated heterocycles. The first-order valence-electron chi connectivity index (χ1n) is 7.92. The second kappa shape index (κ2) is 7.13. The fraction of sp³-hybridized carbons (Fsp3) is 0.167. The number of nitro benzene ring substituents is 1. The quantitative estimate of drug-likeness (QED) is 0.404. The number of allylic oxidation sites excluding steroid dienone is 1. The number of rotatable bonds is 4. The average Bonchev–Trinajstić information content (AvgIpc) is 2.94. The standard InChI is InChI=1S/C18H14N4O5S/c1-8-9(2)28-18-14(8)17(24)20-16(21-18)11(7-19)4-10-5-12(22(25)26)15(23)13(6-10)27-3/h4-6,23H,1-3H3,(H,20,21,24)/p-1/b11-4+. The van der Waals surface area contributed by atoms with E-state index in [0.717, 1.165) is 16.5 Å². The van der Waals surface area contributed by atoms with Crippen molar-refractivity contribution in [3.05, 3.63) is 54.4 Å². The molecule has 0 spiro atoms. The van der Waals surface area contributed by atoms with Gasteiger partial charge >= 0.3 is 0 Å². The number of methoxy groups -OCH3 is 1. The van der Waals surface area contributed by atoms with E-state index in [9.17, 15) is 25.3 Å². The maximum Gasteiger partial charge on any atom is 0.266 e. The molecule has 0 saturated carbocycles. The van der Waals surface area contributed by atoms with Gasteiger partial charge < -0.3 is 14.8 Å². The number of aromatic nitrogens is 2. The Labute approximate surface area is 162 Å². The fourth-order valence-corrected chi connectivity index (χ4v) is 3.71. The van der Waals surface area contributed by atoms with Crippen LogP contribution in [0.25, 0.3) is 21.9 Å². The lowest BCUT2D eigenvalue weighted by atomic mass is 10.1. The maximum atomic E-state index is 12.4. The number of fused-ring (bicyclic) bond motifs is 1. The van der Waals surface area contributed by atoms with Crippen molar-refractivity contribution < 1.29 is 14.8 Å². The van der Waals surface area contributed by atoms with Gasteiger partial charge in [-0.25, -0.2) is 4.98 Å². The van der Waals surface area contributed by atoms with Gasteiger partial charge in [0.2, 0.25) is 0 Å². The second-order valence-corrected chi connectivity index (χ2v) is 7.08. The van der Waals surface area contributed by atoms with Crippen molar-refractivity contribution in [3.8, 4) is 17.6 Å². The molecule has 3 aromatic rings. The van der Waals surface area contributed by atoms with E-state index in [4.69, 9.17) is 4.74 Å². The number of hydrogen-bond acceptors (Lipinski definition) is 8. The molecular formula is C18H13N4O5S-. The van der Waals surface area contributed by atoms with Gasteiger partial charge in [0, 0.05) is 16.7 Å². The zero-order valence-corrected chi connectivity index (χ0v) is 15.8. The van der Waals surface area contributed by atoms with Crippen molar-refractivity contribution >= 4 is 38.9 Å². The van der Waals surface area contributed by atoms with E-state index in [0.29, 0.717) is 10.2 Å². The highest BCUT2D eigenvalue weighted by Gasteiger charge is 2.16. The first kappa shape index (κ1) is 19.1. The Kier molecular flexibility index (Phi) is 4.85. The van der Waals surface area contributed by atoms with E-state index in [1.165, 1.54) is 30.6 Å². The fourth-order valence-electron chi connectivity index (χ4n) is 2.68. The van der Waals surface area contributed by atoms with E-state index in [-0.39, 0.29) is 28.3 Å². The molecule has 1 aromatic carbocycles. The number of nitriles is 1. The molecule has 0 amide bonds. The van der Waals surface area contributed by atoms with Crippen LogP contribution in [0, 0.1) is 35.3 Å². The summed E-state index contributed by atoms with van der Waals surface area (Å²) in [6.07, 6.45) is 1.30. The molecule has 2 heterocycles. The first-order chi connectivity index (χ1) is 13.3. The van der Waals surface area contributed by atoms with Gasteiger partial charge in [-0.15, -0.1) is 11.3 Å². The summed E-state index contributed by atoms with van der Waals surface area (Å²) in [5, 5.41) is 33.0. The molecule has 1 N–H and O–H groups in total. The SMILES string of the molecule is COc1cc(/C=C(\C#N)c2nc3sc(C)c(C)c3c(=O)[nH]2)cc([N+](=O)[O-])c1[O-]. The third-order valence-corrected chi connectivity index (χ3v) is 5.30. The summed E-state index contributed by atoms with van der Waals surface area (Å²) < 4.78 is 4.89. The molecule has 0 fully saturated rings. The zero-order chi connectivity index (χ0) is 20.6. The van der Waals surface area contributed by atoms with E-state index < -0.39 is 16.4 Å². The molecule has 28 heavy (non-hydrogen) atoms. The normalized spacial score (nSPS) is 11.4. The molecule has 2 aromatic heterocycles. The van der Waals surface area contributed by atoms with Crippen molar-refractivity contribution in [1.29, 1.82) is 5.26 Å². The number of nitrogens with zero attached hydrogens (tertiary/aromatic N) is 3. The minimum atomic E-state index is -0.861. The third-order valence-electron chi connectivity index (χ3n) is 4.20. The summed E-state index contributed by atoms with van der Waals surface area (Å²) in [4.78, 5) is 31.1. The Morgan fingerprint density at radius 3 is 2.75 bits per heavy atom. The topological polar surface area (TPSA) is 145 Å². The number of hydrogen-bond donors (Lipinski definition) is 1. The minimum absolute atomic E-state index is 0.0160. The van der Waals surface area contributed by atoms with Crippen LogP contribution in [0.2, 0.25) is 0 Å². The molecule has 0 unspecified atom stereocenters. The van der Waals surface area contributed by atoms with Crippen molar-refractivity contribution in [2.24, 2.45) is 0 Å². The van der Waals surface area contributed by atoms with Crippen LogP contribution in [-0.2, 0) is 0 Å². The lowest BCUT2D eigenvalue weighted by molar-refractivity contribution is -0.398. The molecule has 0 radical (unpaired) electrons. The van der Waals surface area contributed by atoms with Crippen molar-refractivity contribution in [2.45, 2.75) is 13.8 Å². The smallest absolute Gasteiger partial charge is 0.266 e. The molecule has 0 aliphatic carbocycles. The van der Waals surface area contributed by atoms with Crippen LogP contribution >= 0.6 is 11.3 Å². The van der Waals surface area contributed by atoms with Crippen LogP contribution in [0.3, 0.4) is 0 Å². The second-order valence-electron chi connectivity index (χ2n) is 5.88.